The lowest BCUT2D eigenvalue weighted by molar-refractivity contribution is -0.113. The highest BCUT2D eigenvalue weighted by atomic mass is 31.1. The smallest absolute Gasteiger partial charge is 0.180 e. The van der Waals surface area contributed by atoms with E-state index in [0.717, 1.165) is 16.9 Å². The summed E-state index contributed by atoms with van der Waals surface area (Å²) in [5.74, 6) is 0.762. The number of carbonyl (C=O) groups is 1. The fourth-order valence-electron chi connectivity index (χ4n) is 2.02. The normalized spacial score (nSPS) is 12.4. The van der Waals surface area contributed by atoms with Crippen LogP contribution < -0.4 is 4.74 Å². The minimum absolute atomic E-state index is 0.660. The Kier molecular flexibility index (Phi) is 5.10. The minimum atomic E-state index is -1.44. The van der Waals surface area contributed by atoms with Gasteiger partial charge in [-0.2, -0.15) is 0 Å². The lowest BCUT2D eigenvalue weighted by atomic mass is 9.96. The monoisotopic (exact) mass is 290 g/mol. The van der Waals surface area contributed by atoms with Crippen LogP contribution in [0, 0.1) is 0 Å². The summed E-state index contributed by atoms with van der Waals surface area (Å²) in [7, 11) is 0.170. The molecule has 0 bridgehead atoms. The first kappa shape index (κ1) is 14.5. The maximum atomic E-state index is 11.1. The quantitative estimate of drug-likeness (QED) is 0.605. The maximum Gasteiger partial charge on any atom is 0.180 e. The van der Waals surface area contributed by atoms with Crippen molar-refractivity contribution in [1.82, 2.24) is 0 Å². The van der Waals surface area contributed by atoms with Gasteiger partial charge in [-0.3, -0.25) is 4.57 Å². The molecule has 0 aliphatic heterocycles. The van der Waals surface area contributed by atoms with Crippen LogP contribution in [0.15, 0.2) is 48.5 Å². The molecule has 0 N–H and O–H groups in total. The molecule has 2 aromatic carbocycles. The van der Waals surface area contributed by atoms with E-state index in [2.05, 4.69) is 0 Å². The van der Waals surface area contributed by atoms with Crippen molar-refractivity contribution in [3.8, 4) is 16.9 Å². The summed E-state index contributed by atoms with van der Waals surface area (Å²) in [5.41, 5.74) is 2.52. The number of ether oxygens (including phenoxy) is 1. The Morgan fingerprint density at radius 1 is 1.10 bits per heavy atom. The highest BCUT2D eigenvalue weighted by Crippen LogP contribution is 2.31. The average Bonchev–Trinajstić information content (AvgIpc) is 2.53. The van der Waals surface area contributed by atoms with Gasteiger partial charge in [0.15, 0.2) is 15.0 Å². The van der Waals surface area contributed by atoms with Gasteiger partial charge in [0.25, 0.3) is 0 Å². The molecule has 0 saturated heterocycles. The molecule has 2 rings (SSSR count). The Hall–Kier alpha value is -1.90. The molecule has 4 nitrogen and oxygen atoms in total. The van der Waals surface area contributed by atoms with E-state index in [0.29, 0.717) is 11.8 Å². The fraction of sp³-hybridized carbons (Fsp3) is 0.133. The second kappa shape index (κ2) is 7.04. The predicted molar refractivity (Wildman–Crippen MR) is 78.7 cm³/mol. The topological polar surface area (TPSA) is 52.6 Å². The van der Waals surface area contributed by atoms with Gasteiger partial charge in [0.2, 0.25) is 0 Å². The molecule has 0 aliphatic rings. The summed E-state index contributed by atoms with van der Waals surface area (Å²) in [4.78, 5) is 11.1. The van der Waals surface area contributed by atoms with E-state index in [1.54, 1.807) is 13.2 Å². The molecule has 0 aliphatic carbocycles. The number of benzene rings is 2. The van der Waals surface area contributed by atoms with Gasteiger partial charge in [0.1, 0.15) is 11.9 Å². The average molecular weight is 290 g/mol. The van der Waals surface area contributed by atoms with Gasteiger partial charge in [0.05, 0.1) is 7.11 Å². The van der Waals surface area contributed by atoms with E-state index in [1.807, 2.05) is 42.5 Å². The van der Waals surface area contributed by atoms with Gasteiger partial charge in [0, 0.05) is 0 Å². The zero-order chi connectivity index (χ0) is 14.4. The second-order valence-electron chi connectivity index (χ2n) is 4.10. The number of hydrogen-bond donors (Lipinski definition) is 0. The molecular formula is C15H15O4P. The number of methoxy groups -OCH3 is 1. The van der Waals surface area contributed by atoms with Crippen molar-refractivity contribution in [2.45, 2.75) is 6.10 Å². The summed E-state index contributed by atoms with van der Waals surface area (Å²) in [5, 5.41) is 0. The summed E-state index contributed by atoms with van der Waals surface area (Å²) in [6, 6.07) is 14.9. The molecule has 0 aromatic heterocycles. The first-order chi connectivity index (χ1) is 9.80. The number of rotatable bonds is 6. The van der Waals surface area contributed by atoms with Crippen molar-refractivity contribution >= 4 is 15.0 Å². The third-order valence-electron chi connectivity index (χ3n) is 2.99. The molecule has 0 heterocycles. The zero-order valence-corrected chi connectivity index (χ0v) is 12.1. The highest BCUT2D eigenvalue weighted by Gasteiger charge is 2.15. The van der Waals surface area contributed by atoms with Crippen LogP contribution >= 0.6 is 8.69 Å². The largest absolute Gasteiger partial charge is 0.497 e. The third-order valence-corrected chi connectivity index (χ3v) is 3.40. The van der Waals surface area contributed by atoms with Crippen molar-refractivity contribution < 1.29 is 18.6 Å². The van der Waals surface area contributed by atoms with Gasteiger partial charge in [-0.1, -0.05) is 36.4 Å². The first-order valence-electron chi connectivity index (χ1n) is 6.08. The van der Waals surface area contributed by atoms with Crippen LogP contribution in [-0.2, 0) is 13.9 Å². The molecule has 5 heteroatoms. The molecule has 20 heavy (non-hydrogen) atoms. The van der Waals surface area contributed by atoms with Gasteiger partial charge in [-0.25, -0.2) is 0 Å². The summed E-state index contributed by atoms with van der Waals surface area (Å²) >= 11 is 0. The Bertz CT molecular complexity index is 595. The van der Waals surface area contributed by atoms with Crippen LogP contribution in [0.5, 0.6) is 5.75 Å². The molecule has 2 aromatic rings. The van der Waals surface area contributed by atoms with Crippen LogP contribution in [-0.4, -0.2) is 13.4 Å². The third kappa shape index (κ3) is 3.16. The first-order valence-corrected chi connectivity index (χ1v) is 7.02. The summed E-state index contributed by atoms with van der Waals surface area (Å²) in [6.07, 6.45) is -0.145. The van der Waals surface area contributed by atoms with Crippen LogP contribution in [0.4, 0.5) is 0 Å². The Labute approximate surface area is 118 Å². The summed E-state index contributed by atoms with van der Waals surface area (Å²) in [6.45, 7) is 0. The number of carbonyl (C=O) groups excluding carboxylic acids is 1. The lowest BCUT2D eigenvalue weighted by Gasteiger charge is -2.14. The zero-order valence-electron chi connectivity index (χ0n) is 11.0. The molecular weight excluding hydrogens is 275 g/mol. The van der Waals surface area contributed by atoms with Gasteiger partial charge in [-0.05, 0) is 28.8 Å². The number of aldehydes is 1. The molecule has 0 radical (unpaired) electrons. The van der Waals surface area contributed by atoms with Gasteiger partial charge in [-0.15, -0.1) is 0 Å². The molecule has 0 amide bonds. The molecule has 2 unspecified atom stereocenters. The highest BCUT2D eigenvalue weighted by molar-refractivity contribution is 7.17. The van der Waals surface area contributed by atoms with Crippen molar-refractivity contribution in [1.29, 1.82) is 0 Å². The molecule has 104 valence electrons. The second-order valence-corrected chi connectivity index (χ2v) is 4.57. The fourth-order valence-corrected chi connectivity index (χ4v) is 2.35. The van der Waals surface area contributed by atoms with Crippen molar-refractivity contribution in [2.75, 3.05) is 7.11 Å². The predicted octanol–water partition coefficient (Wildman–Crippen LogP) is 3.29. The minimum Gasteiger partial charge on any atom is -0.497 e. The van der Waals surface area contributed by atoms with Crippen LogP contribution in [0.25, 0.3) is 11.1 Å². The van der Waals surface area contributed by atoms with E-state index in [1.165, 1.54) is 0 Å². The van der Waals surface area contributed by atoms with E-state index in [-0.39, 0.29) is 0 Å². The van der Waals surface area contributed by atoms with E-state index < -0.39 is 14.8 Å². The lowest BCUT2D eigenvalue weighted by Crippen LogP contribution is -2.02. The van der Waals surface area contributed by atoms with Gasteiger partial charge >= 0.3 is 0 Å². The molecule has 2 atom stereocenters. The van der Waals surface area contributed by atoms with Crippen LogP contribution in [0.3, 0.4) is 0 Å². The molecule has 0 saturated carbocycles. The summed E-state index contributed by atoms with van der Waals surface area (Å²) < 4.78 is 20.8. The van der Waals surface area contributed by atoms with Crippen molar-refractivity contribution in [3.63, 3.8) is 0 Å². The SMILES string of the molecule is COc1ccc(-c2ccccc2C(C=O)O[PH2]=O)cc1. The van der Waals surface area contributed by atoms with Gasteiger partial charge < -0.3 is 14.1 Å². The Balaban J connectivity index is 2.44. The molecule has 0 spiro atoms. The van der Waals surface area contributed by atoms with E-state index in [4.69, 9.17) is 9.26 Å². The maximum absolute atomic E-state index is 11.1. The standard InChI is InChI=1S/C15H15O4P/c1-18-12-8-6-11(7-9-12)13-4-2-3-5-14(13)15(10-16)19-20-17/h2-10,15H,20H2,1H3. The van der Waals surface area contributed by atoms with Crippen molar-refractivity contribution in [2.24, 2.45) is 0 Å². The number of hydrogen-bond acceptors (Lipinski definition) is 4. The van der Waals surface area contributed by atoms with Crippen LogP contribution in [0.2, 0.25) is 0 Å². The Morgan fingerprint density at radius 2 is 1.80 bits per heavy atom. The Morgan fingerprint density at radius 3 is 2.40 bits per heavy atom. The van der Waals surface area contributed by atoms with Crippen molar-refractivity contribution in [3.05, 3.63) is 54.1 Å². The molecule has 0 fully saturated rings. The van der Waals surface area contributed by atoms with E-state index in [9.17, 15) is 9.36 Å². The van der Waals surface area contributed by atoms with E-state index >= 15 is 0 Å². The van der Waals surface area contributed by atoms with Crippen LogP contribution in [0.1, 0.15) is 11.7 Å².